The third kappa shape index (κ3) is 2.26. The van der Waals surface area contributed by atoms with Crippen molar-refractivity contribution in [3.05, 3.63) is 21.9 Å². The standard InChI is InChI=1S/C12H15BrFNO2/c1-16-9-5-8(7-3-4-15-6-7)11(14)10(13)12(9)17-2/h5,7,15H,3-4,6H2,1-2H3. The Labute approximate surface area is 108 Å². The first-order valence-corrected chi connectivity index (χ1v) is 6.29. The molecule has 1 unspecified atom stereocenters. The summed E-state index contributed by atoms with van der Waals surface area (Å²) in [5.41, 5.74) is 0.680. The number of nitrogens with one attached hydrogen (secondary N) is 1. The van der Waals surface area contributed by atoms with E-state index in [1.807, 2.05) is 0 Å². The molecule has 0 radical (unpaired) electrons. The number of ether oxygens (including phenoxy) is 2. The van der Waals surface area contributed by atoms with Gasteiger partial charge in [0.2, 0.25) is 0 Å². The average molecular weight is 304 g/mol. The molecule has 1 aliphatic rings. The lowest BCUT2D eigenvalue weighted by Crippen LogP contribution is -2.09. The first-order valence-electron chi connectivity index (χ1n) is 5.49. The highest BCUT2D eigenvalue weighted by atomic mass is 79.9. The first kappa shape index (κ1) is 12.6. The van der Waals surface area contributed by atoms with Crippen LogP contribution in [0.1, 0.15) is 17.9 Å². The predicted molar refractivity (Wildman–Crippen MR) is 67.4 cm³/mol. The molecule has 2 rings (SSSR count). The van der Waals surface area contributed by atoms with E-state index < -0.39 is 0 Å². The van der Waals surface area contributed by atoms with Crippen molar-refractivity contribution in [1.82, 2.24) is 5.32 Å². The Bertz CT molecular complexity index is 419. The maximum Gasteiger partial charge on any atom is 0.177 e. The maximum absolute atomic E-state index is 14.2. The largest absolute Gasteiger partial charge is 0.493 e. The van der Waals surface area contributed by atoms with Crippen LogP contribution in [-0.4, -0.2) is 27.3 Å². The number of halogens is 2. The Morgan fingerprint density at radius 2 is 2.18 bits per heavy atom. The fourth-order valence-electron chi connectivity index (χ4n) is 2.16. The average Bonchev–Trinajstić information content (AvgIpc) is 2.85. The van der Waals surface area contributed by atoms with Crippen LogP contribution in [0.3, 0.4) is 0 Å². The van der Waals surface area contributed by atoms with Crippen LogP contribution in [0.15, 0.2) is 10.5 Å². The second-order valence-corrected chi connectivity index (χ2v) is 4.81. The Hall–Kier alpha value is -0.810. The summed E-state index contributed by atoms with van der Waals surface area (Å²) < 4.78 is 24.9. The number of methoxy groups -OCH3 is 2. The van der Waals surface area contributed by atoms with Gasteiger partial charge in [0.15, 0.2) is 11.5 Å². The van der Waals surface area contributed by atoms with Crippen molar-refractivity contribution in [2.75, 3.05) is 27.3 Å². The minimum Gasteiger partial charge on any atom is -0.493 e. The van der Waals surface area contributed by atoms with E-state index in [-0.39, 0.29) is 11.7 Å². The molecule has 1 fully saturated rings. The van der Waals surface area contributed by atoms with Gasteiger partial charge in [-0.1, -0.05) is 0 Å². The molecule has 0 aromatic heterocycles. The molecule has 0 saturated carbocycles. The fourth-order valence-corrected chi connectivity index (χ4v) is 2.75. The van der Waals surface area contributed by atoms with Gasteiger partial charge < -0.3 is 14.8 Å². The van der Waals surface area contributed by atoms with Gasteiger partial charge in [0.05, 0.1) is 18.7 Å². The van der Waals surface area contributed by atoms with Crippen molar-refractivity contribution in [1.29, 1.82) is 0 Å². The Balaban J connectivity index is 2.49. The Morgan fingerprint density at radius 3 is 2.71 bits per heavy atom. The summed E-state index contributed by atoms with van der Waals surface area (Å²) in [6.07, 6.45) is 0.943. The van der Waals surface area contributed by atoms with Crippen LogP contribution in [0, 0.1) is 5.82 Å². The lowest BCUT2D eigenvalue weighted by atomic mass is 9.97. The van der Waals surface area contributed by atoms with Gasteiger partial charge in [0.25, 0.3) is 0 Å². The molecule has 0 aliphatic carbocycles. The summed E-state index contributed by atoms with van der Waals surface area (Å²) in [7, 11) is 3.05. The molecule has 3 nitrogen and oxygen atoms in total. The number of benzene rings is 1. The molecule has 5 heteroatoms. The zero-order valence-electron chi connectivity index (χ0n) is 9.85. The fraction of sp³-hybridized carbons (Fsp3) is 0.500. The molecule has 94 valence electrons. The van der Waals surface area contributed by atoms with Crippen molar-refractivity contribution >= 4 is 15.9 Å². The van der Waals surface area contributed by atoms with Crippen LogP contribution in [0.2, 0.25) is 0 Å². The molecule has 0 amide bonds. The molecule has 1 N–H and O–H groups in total. The topological polar surface area (TPSA) is 30.5 Å². The van der Waals surface area contributed by atoms with Gasteiger partial charge in [-0.05, 0) is 40.5 Å². The van der Waals surface area contributed by atoms with Crippen LogP contribution in [0.25, 0.3) is 0 Å². The second kappa shape index (κ2) is 5.23. The number of hydrogen-bond donors (Lipinski definition) is 1. The van der Waals surface area contributed by atoms with Gasteiger partial charge in [0, 0.05) is 12.5 Å². The maximum atomic E-state index is 14.2. The van der Waals surface area contributed by atoms with Crippen LogP contribution in [0.5, 0.6) is 11.5 Å². The monoisotopic (exact) mass is 303 g/mol. The molecule has 1 heterocycles. The quantitative estimate of drug-likeness (QED) is 0.931. The summed E-state index contributed by atoms with van der Waals surface area (Å²) in [5.74, 6) is 0.907. The lowest BCUT2D eigenvalue weighted by Gasteiger charge is -2.16. The van der Waals surface area contributed by atoms with E-state index in [9.17, 15) is 4.39 Å². The molecule has 1 atom stereocenters. The molecule has 1 saturated heterocycles. The summed E-state index contributed by atoms with van der Waals surface area (Å²) in [5, 5.41) is 3.23. The van der Waals surface area contributed by atoms with Gasteiger partial charge in [0.1, 0.15) is 5.82 Å². The third-order valence-corrected chi connectivity index (χ3v) is 3.79. The van der Waals surface area contributed by atoms with Crippen LogP contribution >= 0.6 is 15.9 Å². The minimum absolute atomic E-state index is 0.200. The molecule has 1 aromatic rings. The lowest BCUT2D eigenvalue weighted by molar-refractivity contribution is 0.348. The van der Waals surface area contributed by atoms with E-state index in [4.69, 9.17) is 9.47 Å². The number of rotatable bonds is 3. The van der Waals surface area contributed by atoms with E-state index in [0.29, 0.717) is 21.5 Å². The highest BCUT2D eigenvalue weighted by Gasteiger charge is 2.25. The van der Waals surface area contributed by atoms with Gasteiger partial charge in [-0.15, -0.1) is 0 Å². The zero-order valence-corrected chi connectivity index (χ0v) is 11.4. The van der Waals surface area contributed by atoms with E-state index in [1.165, 1.54) is 7.11 Å². The van der Waals surface area contributed by atoms with Gasteiger partial charge in [-0.25, -0.2) is 4.39 Å². The smallest absolute Gasteiger partial charge is 0.177 e. The van der Waals surface area contributed by atoms with Crippen molar-refractivity contribution in [2.24, 2.45) is 0 Å². The van der Waals surface area contributed by atoms with Crippen LogP contribution in [-0.2, 0) is 0 Å². The summed E-state index contributed by atoms with van der Waals surface area (Å²) >= 11 is 3.23. The zero-order chi connectivity index (χ0) is 12.4. The first-order chi connectivity index (χ1) is 8.19. The van der Waals surface area contributed by atoms with Gasteiger partial charge in [-0.3, -0.25) is 0 Å². The Kier molecular flexibility index (Phi) is 3.89. The molecular formula is C12H15BrFNO2. The molecule has 1 aliphatic heterocycles. The highest BCUT2D eigenvalue weighted by Crippen LogP contribution is 2.41. The summed E-state index contributed by atoms with van der Waals surface area (Å²) in [6, 6.07) is 1.73. The summed E-state index contributed by atoms with van der Waals surface area (Å²) in [6.45, 7) is 1.73. The molecule has 0 spiro atoms. The minimum atomic E-state index is -0.253. The normalized spacial score (nSPS) is 19.4. The number of hydrogen-bond acceptors (Lipinski definition) is 3. The van der Waals surface area contributed by atoms with Crippen molar-refractivity contribution in [2.45, 2.75) is 12.3 Å². The van der Waals surface area contributed by atoms with E-state index >= 15 is 0 Å². The van der Waals surface area contributed by atoms with Gasteiger partial charge >= 0.3 is 0 Å². The van der Waals surface area contributed by atoms with Crippen molar-refractivity contribution in [3.8, 4) is 11.5 Å². The van der Waals surface area contributed by atoms with Crippen molar-refractivity contribution in [3.63, 3.8) is 0 Å². The molecule has 0 bridgehead atoms. The van der Waals surface area contributed by atoms with Crippen LogP contribution < -0.4 is 14.8 Å². The Morgan fingerprint density at radius 1 is 1.41 bits per heavy atom. The van der Waals surface area contributed by atoms with Crippen molar-refractivity contribution < 1.29 is 13.9 Å². The van der Waals surface area contributed by atoms with Gasteiger partial charge in [-0.2, -0.15) is 0 Å². The molecular weight excluding hydrogens is 289 g/mol. The molecule has 17 heavy (non-hydrogen) atoms. The molecule has 1 aromatic carbocycles. The highest BCUT2D eigenvalue weighted by molar-refractivity contribution is 9.10. The second-order valence-electron chi connectivity index (χ2n) is 4.02. The SMILES string of the molecule is COc1cc(C2CCNC2)c(F)c(Br)c1OC. The third-order valence-electron chi connectivity index (χ3n) is 3.08. The predicted octanol–water partition coefficient (Wildman–Crippen LogP) is 2.68. The van der Waals surface area contributed by atoms with E-state index in [0.717, 1.165) is 19.5 Å². The summed E-state index contributed by atoms with van der Waals surface area (Å²) in [4.78, 5) is 0. The van der Waals surface area contributed by atoms with E-state index in [1.54, 1.807) is 13.2 Å². The van der Waals surface area contributed by atoms with E-state index in [2.05, 4.69) is 21.2 Å². The van der Waals surface area contributed by atoms with Crippen LogP contribution in [0.4, 0.5) is 4.39 Å².